The Bertz CT molecular complexity index is 788. The van der Waals surface area contributed by atoms with Gasteiger partial charge in [0.05, 0.1) is 10.6 Å². The van der Waals surface area contributed by atoms with Gasteiger partial charge in [0.15, 0.2) is 0 Å². The van der Waals surface area contributed by atoms with E-state index in [1.807, 2.05) is 0 Å². The van der Waals surface area contributed by atoms with E-state index in [-0.39, 0.29) is 9.77 Å². The van der Waals surface area contributed by atoms with Crippen LogP contribution in [0.25, 0.3) is 0 Å². The molecule has 112 valence electrons. The fourth-order valence-electron chi connectivity index (χ4n) is 1.84. The molecule has 0 saturated heterocycles. The molecule has 21 heavy (non-hydrogen) atoms. The highest BCUT2D eigenvalue weighted by atomic mass is 79.9. The quantitative estimate of drug-likeness (QED) is 0.835. The molecule has 5 nitrogen and oxygen atoms in total. The van der Waals surface area contributed by atoms with E-state index >= 15 is 0 Å². The topological polar surface area (TPSA) is 83.5 Å². The molecule has 1 heterocycles. The van der Waals surface area contributed by atoms with Crippen LogP contribution in [0.4, 0.5) is 5.69 Å². The van der Waals surface area contributed by atoms with E-state index in [1.165, 1.54) is 5.38 Å². The maximum absolute atomic E-state index is 12.3. The first-order valence-electron chi connectivity index (χ1n) is 5.82. The Balaban J connectivity index is 2.40. The van der Waals surface area contributed by atoms with Crippen LogP contribution in [-0.2, 0) is 10.0 Å². The predicted octanol–water partition coefficient (Wildman–Crippen LogP) is 3.63. The van der Waals surface area contributed by atoms with E-state index in [9.17, 15) is 13.2 Å². The van der Waals surface area contributed by atoms with E-state index < -0.39 is 16.0 Å². The largest absolute Gasteiger partial charge is 0.477 e. The van der Waals surface area contributed by atoms with Crippen molar-refractivity contribution in [3.8, 4) is 0 Å². The minimum atomic E-state index is -3.80. The number of nitrogens with one attached hydrogen (secondary N) is 1. The number of rotatable bonds is 4. The predicted molar refractivity (Wildman–Crippen MR) is 85.7 cm³/mol. The van der Waals surface area contributed by atoms with Crippen LogP contribution < -0.4 is 4.72 Å². The zero-order valence-corrected chi connectivity index (χ0v) is 14.4. The van der Waals surface area contributed by atoms with Crippen LogP contribution in [0.3, 0.4) is 0 Å². The molecule has 0 atom stereocenters. The number of carboxylic acid groups (broad SMARTS) is 1. The van der Waals surface area contributed by atoms with Crippen molar-refractivity contribution in [3.05, 3.63) is 44.1 Å². The first-order chi connectivity index (χ1) is 9.70. The van der Waals surface area contributed by atoms with Crippen LogP contribution >= 0.6 is 27.3 Å². The molecule has 0 radical (unpaired) electrons. The van der Waals surface area contributed by atoms with Gasteiger partial charge in [0, 0.05) is 9.85 Å². The van der Waals surface area contributed by atoms with E-state index in [1.54, 1.807) is 26.0 Å². The zero-order chi connectivity index (χ0) is 15.8. The maximum Gasteiger partial charge on any atom is 0.345 e. The van der Waals surface area contributed by atoms with Gasteiger partial charge in [-0.1, -0.05) is 15.9 Å². The molecule has 1 aromatic carbocycles. The minimum absolute atomic E-state index is 0.0142. The molecule has 0 spiro atoms. The highest BCUT2D eigenvalue weighted by molar-refractivity contribution is 9.10. The number of hydrogen-bond donors (Lipinski definition) is 2. The maximum atomic E-state index is 12.3. The number of carbonyl (C=O) groups is 1. The van der Waals surface area contributed by atoms with Gasteiger partial charge in [0.1, 0.15) is 4.88 Å². The second-order valence-electron chi connectivity index (χ2n) is 4.47. The Hall–Kier alpha value is -1.38. The van der Waals surface area contributed by atoms with Gasteiger partial charge in [0.25, 0.3) is 10.0 Å². The third-order valence-corrected chi connectivity index (χ3v) is 5.68. The molecule has 0 saturated carbocycles. The molecule has 1 aromatic heterocycles. The number of thiophene rings is 1. The van der Waals surface area contributed by atoms with Crippen LogP contribution in [0.5, 0.6) is 0 Å². The van der Waals surface area contributed by atoms with E-state index in [2.05, 4.69) is 20.7 Å². The lowest BCUT2D eigenvalue weighted by Crippen LogP contribution is -2.14. The van der Waals surface area contributed by atoms with Gasteiger partial charge in [-0.2, -0.15) is 0 Å². The van der Waals surface area contributed by atoms with E-state index in [4.69, 9.17) is 5.11 Å². The zero-order valence-electron chi connectivity index (χ0n) is 11.2. The molecule has 0 fully saturated rings. The summed E-state index contributed by atoms with van der Waals surface area (Å²) in [5.41, 5.74) is 2.06. The SMILES string of the molecule is Cc1cc(Br)cc(C)c1NS(=O)(=O)c1csc(C(=O)O)c1. The molecular formula is C13H12BrNO4S2. The lowest BCUT2D eigenvalue weighted by Gasteiger charge is -2.13. The molecule has 0 bridgehead atoms. The number of carboxylic acids is 1. The summed E-state index contributed by atoms with van der Waals surface area (Å²) in [5, 5.41) is 10.2. The monoisotopic (exact) mass is 389 g/mol. The van der Waals surface area contributed by atoms with Crippen molar-refractivity contribution < 1.29 is 18.3 Å². The van der Waals surface area contributed by atoms with Crippen LogP contribution in [0.2, 0.25) is 0 Å². The molecule has 2 N–H and O–H groups in total. The lowest BCUT2D eigenvalue weighted by atomic mass is 10.1. The third kappa shape index (κ3) is 3.45. The number of halogens is 1. The Morgan fingerprint density at radius 2 is 1.81 bits per heavy atom. The Morgan fingerprint density at radius 3 is 2.29 bits per heavy atom. The molecule has 0 aliphatic rings. The standard InChI is InChI=1S/C13H12BrNO4S2/c1-7-3-9(14)4-8(2)12(7)15-21(18,19)10-5-11(13(16)17)20-6-10/h3-6,15H,1-2H3,(H,16,17). The van der Waals surface area contributed by atoms with Crippen molar-refractivity contribution in [2.75, 3.05) is 4.72 Å². The van der Waals surface area contributed by atoms with Crippen LogP contribution in [0, 0.1) is 13.8 Å². The molecule has 2 aromatic rings. The van der Waals surface area contributed by atoms with Gasteiger partial charge < -0.3 is 5.11 Å². The summed E-state index contributed by atoms with van der Waals surface area (Å²) in [6.07, 6.45) is 0. The van der Waals surface area contributed by atoms with Crippen molar-refractivity contribution in [2.24, 2.45) is 0 Å². The molecule has 0 aliphatic heterocycles. The summed E-state index contributed by atoms with van der Waals surface area (Å²) >= 11 is 4.23. The average molecular weight is 390 g/mol. The smallest absolute Gasteiger partial charge is 0.345 e. The highest BCUT2D eigenvalue weighted by Gasteiger charge is 2.20. The fraction of sp³-hybridized carbons (Fsp3) is 0.154. The summed E-state index contributed by atoms with van der Waals surface area (Å²) in [7, 11) is -3.80. The van der Waals surface area contributed by atoms with Gasteiger partial charge in [-0.05, 0) is 43.2 Å². The van der Waals surface area contributed by atoms with Crippen LogP contribution in [0.1, 0.15) is 20.8 Å². The number of aromatic carboxylic acids is 1. The molecule has 2 rings (SSSR count). The number of sulfonamides is 1. The molecule has 0 unspecified atom stereocenters. The first kappa shape index (κ1) is 16.0. The van der Waals surface area contributed by atoms with Crippen molar-refractivity contribution >= 4 is 48.9 Å². The average Bonchev–Trinajstić information content (AvgIpc) is 2.84. The Morgan fingerprint density at radius 1 is 1.24 bits per heavy atom. The van der Waals surface area contributed by atoms with Gasteiger partial charge in [-0.15, -0.1) is 11.3 Å². The highest BCUT2D eigenvalue weighted by Crippen LogP contribution is 2.28. The molecular weight excluding hydrogens is 378 g/mol. The second kappa shape index (κ2) is 5.78. The lowest BCUT2D eigenvalue weighted by molar-refractivity contribution is 0.0702. The van der Waals surface area contributed by atoms with Crippen LogP contribution in [-0.4, -0.2) is 19.5 Å². The van der Waals surface area contributed by atoms with Gasteiger partial charge in [-0.25, -0.2) is 13.2 Å². The van der Waals surface area contributed by atoms with Crippen LogP contribution in [0.15, 0.2) is 32.9 Å². The number of hydrogen-bond acceptors (Lipinski definition) is 4. The second-order valence-corrected chi connectivity index (χ2v) is 7.98. The molecule has 0 aliphatic carbocycles. The minimum Gasteiger partial charge on any atom is -0.477 e. The normalized spacial score (nSPS) is 11.4. The van der Waals surface area contributed by atoms with Gasteiger partial charge in [-0.3, -0.25) is 4.72 Å². The number of anilines is 1. The van der Waals surface area contributed by atoms with Crippen molar-refractivity contribution in [3.63, 3.8) is 0 Å². The summed E-state index contributed by atoms with van der Waals surface area (Å²) < 4.78 is 28.0. The summed E-state index contributed by atoms with van der Waals surface area (Å²) in [6.45, 7) is 3.60. The first-order valence-corrected chi connectivity index (χ1v) is 8.97. The summed E-state index contributed by atoms with van der Waals surface area (Å²) in [4.78, 5) is 10.8. The number of aryl methyl sites for hydroxylation is 2. The van der Waals surface area contributed by atoms with Crippen molar-refractivity contribution in [1.29, 1.82) is 0 Å². The van der Waals surface area contributed by atoms with Gasteiger partial charge >= 0.3 is 5.97 Å². The molecule has 0 amide bonds. The Kier molecular flexibility index (Phi) is 4.40. The summed E-state index contributed by atoms with van der Waals surface area (Å²) in [6, 6.07) is 4.77. The van der Waals surface area contributed by atoms with Gasteiger partial charge in [0.2, 0.25) is 0 Å². The van der Waals surface area contributed by atoms with E-state index in [0.717, 1.165) is 33.0 Å². The Labute approximate surface area is 134 Å². The number of benzene rings is 1. The summed E-state index contributed by atoms with van der Waals surface area (Å²) in [5.74, 6) is -1.14. The molecule has 8 heteroatoms. The van der Waals surface area contributed by atoms with Crippen molar-refractivity contribution in [1.82, 2.24) is 0 Å². The fourth-order valence-corrected chi connectivity index (χ4v) is 4.84. The third-order valence-electron chi connectivity index (χ3n) is 2.83. The van der Waals surface area contributed by atoms with E-state index in [0.29, 0.717) is 5.69 Å². The van der Waals surface area contributed by atoms with Crippen molar-refractivity contribution in [2.45, 2.75) is 18.7 Å².